The molecule has 0 radical (unpaired) electrons. The predicted octanol–water partition coefficient (Wildman–Crippen LogP) is 3.45. The highest BCUT2D eigenvalue weighted by Gasteiger charge is 2.21. The highest BCUT2D eigenvalue weighted by Crippen LogP contribution is 2.26. The van der Waals surface area contributed by atoms with Gasteiger partial charge in [-0.05, 0) is 23.6 Å². The molecule has 0 amide bonds. The van der Waals surface area contributed by atoms with E-state index < -0.39 is 0 Å². The number of aliphatic imine (C=N–C) groups is 1. The van der Waals surface area contributed by atoms with Crippen molar-refractivity contribution in [3.63, 3.8) is 0 Å². The van der Waals surface area contributed by atoms with Crippen LogP contribution < -0.4 is 10.6 Å². The molecule has 0 fully saturated rings. The minimum atomic E-state index is 0. The standard InChI is InChI=1S/C17H24N4S.HI/c1-17(2,15-8-6-12-22-15)13-21-16(18-3)20-11-9-14-7-4-5-10-19-14;/h4-8,10,12H,9,11,13H2,1-3H3,(H2,18,20,21);1H. The second-order valence-corrected chi connectivity index (χ2v) is 6.73. The second-order valence-electron chi connectivity index (χ2n) is 5.78. The largest absolute Gasteiger partial charge is 0.356 e. The van der Waals surface area contributed by atoms with Crippen molar-refractivity contribution >= 4 is 41.3 Å². The Kier molecular flexibility index (Phi) is 8.54. The van der Waals surface area contributed by atoms with Crippen LogP contribution in [0.3, 0.4) is 0 Å². The molecule has 6 heteroatoms. The number of pyridine rings is 1. The molecule has 0 unspecified atom stereocenters. The zero-order valence-electron chi connectivity index (χ0n) is 13.9. The molecule has 0 bridgehead atoms. The van der Waals surface area contributed by atoms with Gasteiger partial charge in [-0.3, -0.25) is 9.98 Å². The molecule has 126 valence electrons. The quantitative estimate of drug-likeness (QED) is 0.408. The molecule has 2 rings (SSSR count). The summed E-state index contributed by atoms with van der Waals surface area (Å²) in [6.07, 6.45) is 2.71. The normalized spacial score (nSPS) is 11.7. The van der Waals surface area contributed by atoms with Gasteiger partial charge >= 0.3 is 0 Å². The van der Waals surface area contributed by atoms with E-state index in [-0.39, 0.29) is 29.4 Å². The van der Waals surface area contributed by atoms with Crippen molar-refractivity contribution in [1.82, 2.24) is 15.6 Å². The molecule has 2 heterocycles. The zero-order valence-corrected chi connectivity index (χ0v) is 17.0. The maximum Gasteiger partial charge on any atom is 0.191 e. The van der Waals surface area contributed by atoms with Gasteiger partial charge in [0.05, 0.1) is 0 Å². The molecule has 0 saturated carbocycles. The fourth-order valence-corrected chi connectivity index (χ4v) is 2.98. The molecule has 0 atom stereocenters. The minimum Gasteiger partial charge on any atom is -0.356 e. The van der Waals surface area contributed by atoms with Crippen LogP contribution in [0.25, 0.3) is 0 Å². The maximum absolute atomic E-state index is 4.32. The summed E-state index contributed by atoms with van der Waals surface area (Å²) in [7, 11) is 1.80. The molecule has 0 saturated heterocycles. The molecule has 0 aliphatic carbocycles. The number of rotatable bonds is 6. The lowest BCUT2D eigenvalue weighted by atomic mass is 9.91. The first kappa shape index (κ1) is 19.9. The van der Waals surface area contributed by atoms with Gasteiger partial charge in [0.1, 0.15) is 0 Å². The summed E-state index contributed by atoms with van der Waals surface area (Å²) >= 11 is 1.80. The van der Waals surface area contributed by atoms with Crippen molar-refractivity contribution in [3.05, 3.63) is 52.5 Å². The Morgan fingerprint density at radius 3 is 2.65 bits per heavy atom. The molecule has 0 aromatic carbocycles. The number of hydrogen-bond acceptors (Lipinski definition) is 3. The molecule has 2 N–H and O–H groups in total. The van der Waals surface area contributed by atoms with Crippen LogP contribution >= 0.6 is 35.3 Å². The van der Waals surface area contributed by atoms with Crippen LogP contribution in [-0.2, 0) is 11.8 Å². The summed E-state index contributed by atoms with van der Waals surface area (Å²) in [6.45, 7) is 6.15. The molecular formula is C17H25IN4S. The van der Waals surface area contributed by atoms with Gasteiger partial charge in [0, 0.05) is 48.7 Å². The molecular weight excluding hydrogens is 419 g/mol. The molecule has 2 aromatic rings. The monoisotopic (exact) mass is 444 g/mol. The predicted molar refractivity (Wildman–Crippen MR) is 110 cm³/mol. The highest BCUT2D eigenvalue weighted by atomic mass is 127. The highest BCUT2D eigenvalue weighted by molar-refractivity contribution is 14.0. The van der Waals surface area contributed by atoms with E-state index in [1.54, 1.807) is 18.4 Å². The van der Waals surface area contributed by atoms with Crippen LogP contribution in [0.5, 0.6) is 0 Å². The average Bonchev–Trinajstić information content (AvgIpc) is 3.07. The summed E-state index contributed by atoms with van der Waals surface area (Å²) < 4.78 is 0. The Hall–Kier alpha value is -1.15. The molecule has 0 aliphatic rings. The van der Waals surface area contributed by atoms with E-state index >= 15 is 0 Å². The van der Waals surface area contributed by atoms with Gasteiger partial charge in [-0.2, -0.15) is 0 Å². The first-order valence-electron chi connectivity index (χ1n) is 7.50. The van der Waals surface area contributed by atoms with Crippen LogP contribution in [0.15, 0.2) is 46.9 Å². The van der Waals surface area contributed by atoms with Gasteiger partial charge in [0.15, 0.2) is 5.96 Å². The number of nitrogens with one attached hydrogen (secondary N) is 2. The summed E-state index contributed by atoms with van der Waals surface area (Å²) in [5, 5.41) is 8.87. The van der Waals surface area contributed by atoms with E-state index in [1.165, 1.54) is 4.88 Å². The van der Waals surface area contributed by atoms with Crippen molar-refractivity contribution < 1.29 is 0 Å². The van der Waals surface area contributed by atoms with Gasteiger partial charge in [-0.15, -0.1) is 35.3 Å². The van der Waals surface area contributed by atoms with Crippen molar-refractivity contribution in [3.8, 4) is 0 Å². The number of halogens is 1. The first-order valence-corrected chi connectivity index (χ1v) is 8.38. The zero-order chi connectivity index (χ0) is 15.8. The molecule has 4 nitrogen and oxygen atoms in total. The molecule has 2 aromatic heterocycles. The van der Waals surface area contributed by atoms with E-state index in [1.807, 2.05) is 24.4 Å². The van der Waals surface area contributed by atoms with Crippen LogP contribution in [0.1, 0.15) is 24.4 Å². The number of nitrogens with zero attached hydrogens (tertiary/aromatic N) is 2. The summed E-state index contributed by atoms with van der Waals surface area (Å²) in [6, 6.07) is 10.3. The SMILES string of the molecule is CN=C(NCCc1ccccn1)NCC(C)(C)c1cccs1.I. The first-order chi connectivity index (χ1) is 10.6. The third-order valence-corrected chi connectivity index (χ3v) is 4.75. The van der Waals surface area contributed by atoms with Crippen molar-refractivity contribution in [2.45, 2.75) is 25.7 Å². The fourth-order valence-electron chi connectivity index (χ4n) is 2.13. The lowest BCUT2D eigenvalue weighted by molar-refractivity contribution is 0.518. The van der Waals surface area contributed by atoms with E-state index in [2.05, 4.69) is 52.0 Å². The minimum absolute atomic E-state index is 0. The van der Waals surface area contributed by atoms with E-state index in [9.17, 15) is 0 Å². The van der Waals surface area contributed by atoms with E-state index in [0.29, 0.717) is 0 Å². The number of hydrogen-bond donors (Lipinski definition) is 2. The molecule has 23 heavy (non-hydrogen) atoms. The maximum atomic E-state index is 4.32. The van der Waals surface area contributed by atoms with Gasteiger partial charge in [0.25, 0.3) is 0 Å². The third-order valence-electron chi connectivity index (χ3n) is 3.51. The van der Waals surface area contributed by atoms with E-state index in [4.69, 9.17) is 0 Å². The van der Waals surface area contributed by atoms with Crippen molar-refractivity contribution in [2.24, 2.45) is 4.99 Å². The topological polar surface area (TPSA) is 49.3 Å². The van der Waals surface area contributed by atoms with Crippen LogP contribution in [0.2, 0.25) is 0 Å². The van der Waals surface area contributed by atoms with Crippen LogP contribution in [0, 0.1) is 0 Å². The van der Waals surface area contributed by atoms with E-state index in [0.717, 1.165) is 31.2 Å². The second kappa shape index (κ2) is 9.87. The Balaban J connectivity index is 0.00000264. The number of aromatic nitrogens is 1. The summed E-state index contributed by atoms with van der Waals surface area (Å²) in [5.41, 5.74) is 1.18. The molecule has 0 aliphatic heterocycles. The van der Waals surface area contributed by atoms with Crippen LogP contribution in [0.4, 0.5) is 0 Å². The van der Waals surface area contributed by atoms with Gasteiger partial charge in [-0.25, -0.2) is 0 Å². The number of thiophene rings is 1. The van der Waals surface area contributed by atoms with Crippen LogP contribution in [-0.4, -0.2) is 31.1 Å². The van der Waals surface area contributed by atoms with Crippen molar-refractivity contribution in [1.29, 1.82) is 0 Å². The number of guanidine groups is 1. The lowest BCUT2D eigenvalue weighted by Crippen LogP contribution is -2.43. The fraction of sp³-hybridized carbons (Fsp3) is 0.412. The van der Waals surface area contributed by atoms with Crippen molar-refractivity contribution in [2.75, 3.05) is 20.1 Å². The Morgan fingerprint density at radius 2 is 2.04 bits per heavy atom. The van der Waals surface area contributed by atoms with Gasteiger partial charge in [-0.1, -0.05) is 26.0 Å². The van der Waals surface area contributed by atoms with Gasteiger partial charge < -0.3 is 10.6 Å². The third kappa shape index (κ3) is 6.47. The Morgan fingerprint density at radius 1 is 1.22 bits per heavy atom. The smallest absolute Gasteiger partial charge is 0.191 e. The van der Waals surface area contributed by atoms with Gasteiger partial charge in [0.2, 0.25) is 0 Å². The Bertz CT molecular complexity index is 582. The lowest BCUT2D eigenvalue weighted by Gasteiger charge is -2.25. The summed E-state index contributed by atoms with van der Waals surface area (Å²) in [4.78, 5) is 9.98. The summed E-state index contributed by atoms with van der Waals surface area (Å²) in [5.74, 6) is 0.834. The average molecular weight is 444 g/mol. The molecule has 0 spiro atoms. The Labute approximate surface area is 159 Å².